The maximum Gasteiger partial charge on any atom is 0.205 e. The number of hydrogen-bond donors (Lipinski definition) is 0. The van der Waals surface area contributed by atoms with Crippen LogP contribution < -0.4 is 5.19 Å². The van der Waals surface area contributed by atoms with Crippen molar-refractivity contribution in [2.24, 2.45) is 0 Å². The molecule has 1 rings (SSSR count). The fourth-order valence-corrected chi connectivity index (χ4v) is 3.99. The third kappa shape index (κ3) is 2.10. The van der Waals surface area contributed by atoms with Gasteiger partial charge in [0.25, 0.3) is 0 Å². The Balaban J connectivity index is 3.22. The monoisotopic (exact) mass is 210 g/mol. The van der Waals surface area contributed by atoms with Gasteiger partial charge in [-0.2, -0.15) is 0 Å². The molecule has 1 nitrogen and oxygen atoms in total. The van der Waals surface area contributed by atoms with Crippen LogP contribution in [0.5, 0.6) is 0 Å². The minimum atomic E-state index is -1.57. The standard InChI is InChI=1S/C10H18OSi2/c1-8-6-5-7-10(9(8)2)13(3,4)11-12/h5-7H,1-4,12H3. The predicted octanol–water partition coefficient (Wildman–Crippen LogP) is 1.01. The van der Waals surface area contributed by atoms with E-state index >= 15 is 0 Å². The van der Waals surface area contributed by atoms with Crippen molar-refractivity contribution in [3.05, 3.63) is 29.3 Å². The highest BCUT2D eigenvalue weighted by Crippen LogP contribution is 2.10. The number of hydrogen-bond acceptors (Lipinski definition) is 1. The summed E-state index contributed by atoms with van der Waals surface area (Å²) in [5.41, 5.74) is 2.78. The van der Waals surface area contributed by atoms with Crippen molar-refractivity contribution in [2.45, 2.75) is 26.9 Å². The second-order valence-electron chi connectivity index (χ2n) is 3.96. The van der Waals surface area contributed by atoms with E-state index in [4.69, 9.17) is 4.12 Å². The third-order valence-corrected chi connectivity index (χ3v) is 8.68. The molecule has 0 radical (unpaired) electrons. The Labute approximate surface area is 84.8 Å². The predicted molar refractivity (Wildman–Crippen MR) is 64.1 cm³/mol. The zero-order chi connectivity index (χ0) is 10.1. The van der Waals surface area contributed by atoms with E-state index in [-0.39, 0.29) is 0 Å². The van der Waals surface area contributed by atoms with Gasteiger partial charge < -0.3 is 4.12 Å². The second kappa shape index (κ2) is 3.78. The van der Waals surface area contributed by atoms with E-state index in [1.807, 2.05) is 0 Å². The molecule has 0 heterocycles. The lowest BCUT2D eigenvalue weighted by Gasteiger charge is -2.24. The van der Waals surface area contributed by atoms with Gasteiger partial charge in [-0.15, -0.1) is 0 Å². The molecule has 0 aliphatic heterocycles. The van der Waals surface area contributed by atoms with Crippen LogP contribution in [0, 0.1) is 13.8 Å². The van der Waals surface area contributed by atoms with Gasteiger partial charge in [-0.1, -0.05) is 18.2 Å². The third-order valence-electron chi connectivity index (χ3n) is 2.76. The van der Waals surface area contributed by atoms with Crippen LogP contribution in [0.3, 0.4) is 0 Å². The van der Waals surface area contributed by atoms with E-state index in [1.165, 1.54) is 16.3 Å². The summed E-state index contributed by atoms with van der Waals surface area (Å²) in [6, 6.07) is 6.51. The van der Waals surface area contributed by atoms with E-state index < -0.39 is 8.32 Å². The quantitative estimate of drug-likeness (QED) is 0.662. The van der Waals surface area contributed by atoms with Crippen LogP contribution in [0.25, 0.3) is 0 Å². The molecule has 0 bridgehead atoms. The van der Waals surface area contributed by atoms with Gasteiger partial charge in [-0.25, -0.2) is 0 Å². The van der Waals surface area contributed by atoms with Crippen molar-refractivity contribution in [3.8, 4) is 0 Å². The zero-order valence-corrected chi connectivity index (χ0v) is 12.1. The van der Waals surface area contributed by atoms with Gasteiger partial charge in [0.1, 0.15) is 10.5 Å². The summed E-state index contributed by atoms with van der Waals surface area (Å²) < 4.78 is 5.74. The van der Waals surface area contributed by atoms with Crippen LogP contribution in [-0.2, 0) is 4.12 Å². The minimum Gasteiger partial charge on any atom is -0.460 e. The molecular formula is C10H18OSi2. The molecule has 3 heteroatoms. The lowest BCUT2D eigenvalue weighted by atomic mass is 10.1. The van der Waals surface area contributed by atoms with Crippen LogP contribution in [0.1, 0.15) is 11.1 Å². The lowest BCUT2D eigenvalue weighted by Crippen LogP contribution is -2.45. The number of rotatable bonds is 2. The Morgan fingerprint density at radius 1 is 1.23 bits per heavy atom. The normalized spacial score (nSPS) is 12.0. The average molecular weight is 210 g/mol. The van der Waals surface area contributed by atoms with Crippen molar-refractivity contribution in [1.29, 1.82) is 0 Å². The molecule has 0 aliphatic rings. The van der Waals surface area contributed by atoms with Crippen molar-refractivity contribution in [2.75, 3.05) is 0 Å². The van der Waals surface area contributed by atoms with Crippen LogP contribution in [-0.4, -0.2) is 18.8 Å². The maximum absolute atomic E-state index is 5.74. The van der Waals surface area contributed by atoms with Crippen LogP contribution in [0.2, 0.25) is 13.1 Å². The van der Waals surface area contributed by atoms with E-state index in [2.05, 4.69) is 45.1 Å². The Bertz CT molecular complexity index is 308. The molecule has 1 aromatic rings. The van der Waals surface area contributed by atoms with Crippen molar-refractivity contribution in [3.63, 3.8) is 0 Å². The largest absolute Gasteiger partial charge is 0.460 e. The first-order valence-electron chi connectivity index (χ1n) is 4.61. The molecule has 0 unspecified atom stereocenters. The van der Waals surface area contributed by atoms with Gasteiger partial charge in [0.05, 0.1) is 0 Å². The van der Waals surface area contributed by atoms with Gasteiger partial charge >= 0.3 is 0 Å². The van der Waals surface area contributed by atoms with Crippen LogP contribution in [0.4, 0.5) is 0 Å². The number of aryl methyl sites for hydroxylation is 1. The van der Waals surface area contributed by atoms with E-state index in [0.717, 1.165) is 10.5 Å². The first kappa shape index (κ1) is 10.7. The highest BCUT2D eigenvalue weighted by atomic mass is 28.4. The van der Waals surface area contributed by atoms with E-state index in [9.17, 15) is 0 Å². The fourth-order valence-electron chi connectivity index (χ4n) is 1.51. The van der Waals surface area contributed by atoms with Gasteiger partial charge in [0.2, 0.25) is 8.32 Å². The zero-order valence-electron chi connectivity index (χ0n) is 9.14. The fraction of sp³-hybridized carbons (Fsp3) is 0.400. The molecule has 72 valence electrons. The smallest absolute Gasteiger partial charge is 0.205 e. The highest BCUT2D eigenvalue weighted by molar-refractivity contribution is 6.86. The van der Waals surface area contributed by atoms with Crippen molar-refractivity contribution in [1.82, 2.24) is 0 Å². The molecule has 1 aromatic carbocycles. The second-order valence-corrected chi connectivity index (χ2v) is 9.15. The lowest BCUT2D eigenvalue weighted by molar-refractivity contribution is 0.628. The molecule has 0 N–H and O–H groups in total. The van der Waals surface area contributed by atoms with Crippen molar-refractivity contribution >= 4 is 24.0 Å². The molecule has 0 fully saturated rings. The molecule has 0 saturated heterocycles. The SMILES string of the molecule is Cc1cccc([Si](C)(C)O[SiH3])c1C. The van der Waals surface area contributed by atoms with Crippen molar-refractivity contribution < 1.29 is 4.12 Å². The topological polar surface area (TPSA) is 9.23 Å². The Morgan fingerprint density at radius 3 is 2.38 bits per heavy atom. The Morgan fingerprint density at radius 2 is 1.85 bits per heavy atom. The highest BCUT2D eigenvalue weighted by Gasteiger charge is 2.24. The Kier molecular flexibility index (Phi) is 3.11. The summed E-state index contributed by atoms with van der Waals surface area (Å²) in [5.74, 6) is 0. The minimum absolute atomic E-state index is 0.840. The van der Waals surface area contributed by atoms with E-state index in [0.29, 0.717) is 0 Å². The summed E-state index contributed by atoms with van der Waals surface area (Å²) in [7, 11) is -0.728. The van der Waals surface area contributed by atoms with Gasteiger partial charge in [-0.05, 0) is 43.3 Å². The average Bonchev–Trinajstić information content (AvgIpc) is 2.09. The summed E-state index contributed by atoms with van der Waals surface area (Å²) in [5, 5.41) is 1.45. The van der Waals surface area contributed by atoms with Gasteiger partial charge in [-0.3, -0.25) is 0 Å². The molecule has 0 aliphatic carbocycles. The molecule has 13 heavy (non-hydrogen) atoms. The summed E-state index contributed by atoms with van der Waals surface area (Å²) in [6.07, 6.45) is 0. The van der Waals surface area contributed by atoms with Crippen LogP contribution in [0.15, 0.2) is 18.2 Å². The summed E-state index contributed by atoms with van der Waals surface area (Å²) in [6.45, 7) is 8.89. The molecule has 0 spiro atoms. The van der Waals surface area contributed by atoms with Gasteiger partial charge in [0.15, 0.2) is 0 Å². The Hall–Kier alpha value is -0.386. The molecule has 0 amide bonds. The maximum atomic E-state index is 5.74. The van der Waals surface area contributed by atoms with E-state index in [1.54, 1.807) is 0 Å². The first-order valence-corrected chi connectivity index (χ1v) is 8.33. The van der Waals surface area contributed by atoms with Gasteiger partial charge in [0, 0.05) is 0 Å². The molecule has 0 saturated carbocycles. The molecular weight excluding hydrogens is 192 g/mol. The number of benzene rings is 1. The molecule has 0 aromatic heterocycles. The molecule has 0 atom stereocenters. The summed E-state index contributed by atoms with van der Waals surface area (Å²) >= 11 is 0. The first-order chi connectivity index (χ1) is 5.99. The summed E-state index contributed by atoms with van der Waals surface area (Å²) in [4.78, 5) is 0. The van der Waals surface area contributed by atoms with Crippen LogP contribution >= 0.6 is 0 Å².